The Morgan fingerprint density at radius 2 is 1.84 bits per heavy atom. The van der Waals surface area contributed by atoms with E-state index in [-0.39, 0.29) is 11.9 Å². The maximum absolute atomic E-state index is 12.8. The van der Waals surface area contributed by atoms with E-state index in [0.717, 1.165) is 26.9 Å². The lowest BCUT2D eigenvalue weighted by Crippen LogP contribution is -2.18. The number of fused-ring (bicyclic) bond motifs is 2. The largest absolute Gasteiger partial charge is 0.489 e. The maximum Gasteiger partial charge on any atom is 0.231 e. The smallest absolute Gasteiger partial charge is 0.231 e. The third kappa shape index (κ3) is 4.01. The summed E-state index contributed by atoms with van der Waals surface area (Å²) in [7, 11) is 0. The van der Waals surface area contributed by atoms with Gasteiger partial charge in [-0.25, -0.2) is 0 Å². The lowest BCUT2D eigenvalue weighted by atomic mass is 10.0. The zero-order chi connectivity index (χ0) is 21.4. The number of hydrogen-bond acceptors (Lipinski definition) is 4. The average Bonchev–Trinajstić information content (AvgIpc) is 3.08. The molecule has 0 bridgehead atoms. The third-order valence-corrected chi connectivity index (χ3v) is 5.80. The van der Waals surface area contributed by atoms with Crippen LogP contribution < -0.4 is 14.2 Å². The van der Waals surface area contributed by atoms with Crippen molar-refractivity contribution in [1.82, 2.24) is 0 Å². The van der Waals surface area contributed by atoms with E-state index < -0.39 is 0 Å². The SMILES string of the molecule is C[C@H]1Oc2ccccc2C=C1/C=C1\Oc2cc(OCc3ccc(Br)cc3)ccc2C1=O. The van der Waals surface area contributed by atoms with Crippen LogP contribution in [0.3, 0.4) is 0 Å². The van der Waals surface area contributed by atoms with Crippen LogP contribution in [0.4, 0.5) is 0 Å². The molecule has 2 aliphatic heterocycles. The van der Waals surface area contributed by atoms with Crippen molar-refractivity contribution >= 4 is 27.8 Å². The molecule has 0 unspecified atom stereocenters. The summed E-state index contributed by atoms with van der Waals surface area (Å²) < 4.78 is 18.8. The quantitative estimate of drug-likeness (QED) is 0.413. The van der Waals surface area contributed by atoms with E-state index in [9.17, 15) is 4.79 Å². The highest BCUT2D eigenvalue weighted by atomic mass is 79.9. The molecular weight excluding hydrogens is 456 g/mol. The highest BCUT2D eigenvalue weighted by molar-refractivity contribution is 9.10. The number of rotatable bonds is 4. The summed E-state index contributed by atoms with van der Waals surface area (Å²) in [6.07, 6.45) is 3.63. The van der Waals surface area contributed by atoms with Gasteiger partial charge >= 0.3 is 0 Å². The predicted molar refractivity (Wildman–Crippen MR) is 122 cm³/mol. The molecule has 5 heteroatoms. The molecule has 154 valence electrons. The van der Waals surface area contributed by atoms with Gasteiger partial charge in [0, 0.05) is 16.1 Å². The molecule has 0 aliphatic carbocycles. The molecule has 0 spiro atoms. The van der Waals surface area contributed by atoms with Gasteiger partial charge in [0.1, 0.15) is 30.0 Å². The molecule has 31 heavy (non-hydrogen) atoms. The first kappa shape index (κ1) is 19.6. The number of Topliss-reactive ketones (excluding diaryl/α,β-unsaturated/α-hetero) is 1. The number of ether oxygens (including phenoxy) is 3. The van der Waals surface area contributed by atoms with Crippen LogP contribution in [0.1, 0.15) is 28.4 Å². The van der Waals surface area contributed by atoms with Crippen molar-refractivity contribution < 1.29 is 19.0 Å². The van der Waals surface area contributed by atoms with Crippen LogP contribution in [-0.4, -0.2) is 11.9 Å². The summed E-state index contributed by atoms with van der Waals surface area (Å²) in [5.41, 5.74) is 3.47. The number of halogens is 1. The zero-order valence-corrected chi connectivity index (χ0v) is 18.4. The molecule has 0 saturated carbocycles. The number of para-hydroxylation sites is 1. The van der Waals surface area contributed by atoms with E-state index in [2.05, 4.69) is 15.9 Å². The highest BCUT2D eigenvalue weighted by Gasteiger charge is 2.29. The Bertz CT molecular complexity index is 1220. The van der Waals surface area contributed by atoms with Crippen molar-refractivity contribution in [3.8, 4) is 17.2 Å². The van der Waals surface area contributed by atoms with Gasteiger partial charge in [0.05, 0.1) is 5.56 Å². The second-order valence-corrected chi connectivity index (χ2v) is 8.37. The lowest BCUT2D eigenvalue weighted by Gasteiger charge is -2.22. The molecule has 0 fully saturated rings. The maximum atomic E-state index is 12.8. The Morgan fingerprint density at radius 1 is 1.03 bits per heavy atom. The normalized spacial score (nSPS) is 18.0. The van der Waals surface area contributed by atoms with Crippen molar-refractivity contribution in [2.75, 3.05) is 0 Å². The molecule has 2 heterocycles. The first-order valence-corrected chi connectivity index (χ1v) is 10.8. The molecule has 2 aliphatic rings. The van der Waals surface area contributed by atoms with Gasteiger partial charge in [0.15, 0.2) is 5.76 Å². The predicted octanol–water partition coefficient (Wildman–Crippen LogP) is 6.35. The highest BCUT2D eigenvalue weighted by Crippen LogP contribution is 2.36. The van der Waals surface area contributed by atoms with Crippen LogP contribution in [-0.2, 0) is 6.61 Å². The minimum absolute atomic E-state index is 0.138. The summed E-state index contributed by atoms with van der Waals surface area (Å²) in [4.78, 5) is 12.8. The van der Waals surface area contributed by atoms with Crippen LogP contribution in [0.25, 0.3) is 6.08 Å². The summed E-state index contributed by atoms with van der Waals surface area (Å²) >= 11 is 3.43. The molecule has 4 nitrogen and oxygen atoms in total. The van der Waals surface area contributed by atoms with E-state index in [1.165, 1.54) is 0 Å². The molecule has 0 radical (unpaired) electrons. The van der Waals surface area contributed by atoms with Crippen molar-refractivity contribution in [3.05, 3.63) is 105 Å². The van der Waals surface area contributed by atoms with Crippen LogP contribution >= 0.6 is 15.9 Å². The van der Waals surface area contributed by atoms with Gasteiger partial charge < -0.3 is 14.2 Å². The number of benzene rings is 3. The molecule has 1 atom stereocenters. The van der Waals surface area contributed by atoms with E-state index in [1.807, 2.05) is 61.5 Å². The van der Waals surface area contributed by atoms with Crippen LogP contribution in [0.2, 0.25) is 0 Å². The second kappa shape index (κ2) is 8.08. The topological polar surface area (TPSA) is 44.8 Å². The second-order valence-electron chi connectivity index (χ2n) is 7.46. The molecule has 5 rings (SSSR count). The molecule has 3 aromatic rings. The minimum atomic E-state index is -0.174. The van der Waals surface area contributed by atoms with Crippen molar-refractivity contribution in [1.29, 1.82) is 0 Å². The fraction of sp³-hybridized carbons (Fsp3) is 0.115. The number of allylic oxidation sites excluding steroid dienone is 1. The fourth-order valence-corrected chi connectivity index (χ4v) is 3.84. The molecule has 0 aromatic heterocycles. The Balaban J connectivity index is 1.35. The molecular formula is C26H19BrO4. The molecule has 0 N–H and O–H groups in total. The summed E-state index contributed by atoms with van der Waals surface area (Å²) in [6, 6.07) is 21.1. The van der Waals surface area contributed by atoms with Gasteiger partial charge in [-0.1, -0.05) is 46.3 Å². The minimum Gasteiger partial charge on any atom is -0.489 e. The average molecular weight is 475 g/mol. The van der Waals surface area contributed by atoms with E-state index in [0.29, 0.717) is 29.4 Å². The monoisotopic (exact) mass is 474 g/mol. The fourth-order valence-electron chi connectivity index (χ4n) is 3.58. The van der Waals surface area contributed by atoms with Crippen LogP contribution in [0.15, 0.2) is 88.6 Å². The Kier molecular flexibility index (Phi) is 5.12. The van der Waals surface area contributed by atoms with Gasteiger partial charge in [-0.05, 0) is 60.5 Å². The van der Waals surface area contributed by atoms with Crippen molar-refractivity contribution in [2.45, 2.75) is 19.6 Å². The summed E-state index contributed by atoms with van der Waals surface area (Å²) in [5, 5.41) is 0. The van der Waals surface area contributed by atoms with Crippen LogP contribution in [0.5, 0.6) is 17.2 Å². The van der Waals surface area contributed by atoms with E-state index >= 15 is 0 Å². The first-order valence-electron chi connectivity index (χ1n) is 10.00. The Hall–Kier alpha value is -3.31. The summed E-state index contributed by atoms with van der Waals surface area (Å²) in [5.74, 6) is 2.15. The summed E-state index contributed by atoms with van der Waals surface area (Å²) in [6.45, 7) is 2.39. The van der Waals surface area contributed by atoms with Crippen molar-refractivity contribution in [3.63, 3.8) is 0 Å². The van der Waals surface area contributed by atoms with Gasteiger partial charge in [0.2, 0.25) is 5.78 Å². The van der Waals surface area contributed by atoms with Gasteiger partial charge in [0.25, 0.3) is 0 Å². The van der Waals surface area contributed by atoms with Gasteiger partial charge in [-0.2, -0.15) is 0 Å². The van der Waals surface area contributed by atoms with Gasteiger partial charge in [-0.3, -0.25) is 4.79 Å². The molecule has 0 saturated heterocycles. The van der Waals surface area contributed by atoms with Crippen LogP contribution in [0, 0.1) is 0 Å². The van der Waals surface area contributed by atoms with E-state index in [4.69, 9.17) is 14.2 Å². The third-order valence-electron chi connectivity index (χ3n) is 5.27. The Morgan fingerprint density at radius 3 is 2.68 bits per heavy atom. The molecule has 3 aromatic carbocycles. The first-order chi connectivity index (χ1) is 15.1. The number of hydrogen-bond donors (Lipinski definition) is 0. The Labute approximate surface area is 188 Å². The number of carbonyl (C=O) groups excluding carboxylic acids is 1. The molecule has 0 amide bonds. The lowest BCUT2D eigenvalue weighted by molar-refractivity contribution is 0.101. The zero-order valence-electron chi connectivity index (χ0n) is 16.8. The number of carbonyl (C=O) groups is 1. The van der Waals surface area contributed by atoms with E-state index in [1.54, 1.807) is 24.3 Å². The van der Waals surface area contributed by atoms with Gasteiger partial charge in [-0.15, -0.1) is 0 Å². The number of ketones is 1. The standard InChI is InChI=1S/C26H19BrO4/c1-16-19(12-18-4-2-3-5-23(18)30-16)13-25-26(28)22-11-10-21(14-24(22)31-25)29-15-17-6-8-20(27)9-7-17/h2-14,16H,15H2,1H3/b25-13-/t16-/m1/s1. The van der Waals surface area contributed by atoms with Crippen molar-refractivity contribution in [2.24, 2.45) is 0 Å².